The molecule has 152 valence electrons. The molecule has 0 atom stereocenters. The molecule has 0 amide bonds. The summed E-state index contributed by atoms with van der Waals surface area (Å²) in [5, 5.41) is 4.15. The van der Waals surface area contributed by atoms with Gasteiger partial charge in [0.25, 0.3) is 0 Å². The Morgan fingerprint density at radius 2 is 1.40 bits per heavy atom. The fraction of sp³-hybridized carbons (Fsp3) is 0.167. The van der Waals surface area contributed by atoms with Gasteiger partial charge in [0.15, 0.2) is 0 Å². The summed E-state index contributed by atoms with van der Waals surface area (Å²) in [4.78, 5) is 6.79. The Kier molecular flexibility index (Phi) is 5.94. The van der Waals surface area contributed by atoms with Gasteiger partial charge in [-0.25, -0.2) is 0 Å². The van der Waals surface area contributed by atoms with E-state index >= 15 is 0 Å². The standard InChI is InChI=1S/C24H23N3O3/c1-28-21-12-8-19(9-13-21)24-25-23(30-26-24)17-27(16-18-6-4-3-5-7-18)20-10-14-22(29-2)15-11-20/h3-15H,16-17H2,1-2H3. The van der Waals surface area contributed by atoms with E-state index in [4.69, 9.17) is 14.0 Å². The molecule has 0 aliphatic carbocycles. The minimum absolute atomic E-state index is 0.490. The van der Waals surface area contributed by atoms with E-state index in [1.54, 1.807) is 14.2 Å². The van der Waals surface area contributed by atoms with Gasteiger partial charge < -0.3 is 18.9 Å². The van der Waals surface area contributed by atoms with Crippen LogP contribution in [0.1, 0.15) is 11.5 Å². The highest BCUT2D eigenvalue weighted by Gasteiger charge is 2.15. The van der Waals surface area contributed by atoms with E-state index in [1.807, 2.05) is 66.7 Å². The van der Waals surface area contributed by atoms with Crippen molar-refractivity contribution < 1.29 is 14.0 Å². The van der Waals surface area contributed by atoms with E-state index in [-0.39, 0.29) is 0 Å². The molecule has 0 fully saturated rings. The molecule has 0 spiro atoms. The molecule has 3 aromatic carbocycles. The van der Waals surface area contributed by atoms with E-state index < -0.39 is 0 Å². The number of rotatable bonds is 8. The Balaban J connectivity index is 1.57. The van der Waals surface area contributed by atoms with E-state index in [1.165, 1.54) is 5.56 Å². The van der Waals surface area contributed by atoms with Crippen molar-refractivity contribution in [2.45, 2.75) is 13.1 Å². The predicted molar refractivity (Wildman–Crippen MR) is 116 cm³/mol. The molecule has 1 heterocycles. The van der Waals surface area contributed by atoms with Crippen LogP contribution in [0.5, 0.6) is 11.5 Å². The lowest BCUT2D eigenvalue weighted by atomic mass is 10.2. The van der Waals surface area contributed by atoms with E-state index in [9.17, 15) is 0 Å². The Hall–Kier alpha value is -3.80. The molecule has 0 aliphatic rings. The molecule has 0 unspecified atom stereocenters. The Morgan fingerprint density at radius 3 is 2.03 bits per heavy atom. The second-order valence-electron chi connectivity index (χ2n) is 6.78. The van der Waals surface area contributed by atoms with E-state index in [2.05, 4.69) is 27.2 Å². The zero-order valence-corrected chi connectivity index (χ0v) is 17.0. The summed E-state index contributed by atoms with van der Waals surface area (Å²) in [6.45, 7) is 1.21. The lowest BCUT2D eigenvalue weighted by Gasteiger charge is -2.23. The second kappa shape index (κ2) is 9.13. The van der Waals surface area contributed by atoms with E-state index in [0.29, 0.717) is 24.8 Å². The van der Waals surface area contributed by atoms with Crippen LogP contribution in [-0.2, 0) is 13.1 Å². The molecule has 6 heteroatoms. The second-order valence-corrected chi connectivity index (χ2v) is 6.78. The van der Waals surface area contributed by atoms with Gasteiger partial charge in [-0.05, 0) is 54.1 Å². The van der Waals surface area contributed by atoms with Gasteiger partial charge in [0.05, 0.1) is 20.8 Å². The number of hydrogen-bond donors (Lipinski definition) is 0. The van der Waals surface area contributed by atoms with Crippen LogP contribution in [0.25, 0.3) is 11.4 Å². The van der Waals surface area contributed by atoms with Crippen LogP contribution < -0.4 is 14.4 Å². The topological polar surface area (TPSA) is 60.6 Å². The van der Waals surface area contributed by atoms with Crippen molar-refractivity contribution in [3.63, 3.8) is 0 Å². The summed E-state index contributed by atoms with van der Waals surface area (Å²) in [6, 6.07) is 25.8. The molecule has 0 bridgehead atoms. The smallest absolute Gasteiger partial charge is 0.246 e. The fourth-order valence-corrected chi connectivity index (χ4v) is 3.18. The first-order chi connectivity index (χ1) is 14.7. The van der Waals surface area contributed by atoms with Crippen molar-refractivity contribution in [3.8, 4) is 22.9 Å². The summed E-state index contributed by atoms with van der Waals surface area (Å²) < 4.78 is 16.0. The van der Waals surface area contributed by atoms with Crippen molar-refractivity contribution in [3.05, 3.63) is 90.3 Å². The molecule has 0 saturated carbocycles. The van der Waals surface area contributed by atoms with Crippen LogP contribution in [0.3, 0.4) is 0 Å². The van der Waals surface area contributed by atoms with Crippen LogP contribution >= 0.6 is 0 Å². The highest BCUT2D eigenvalue weighted by atomic mass is 16.5. The monoisotopic (exact) mass is 401 g/mol. The maximum Gasteiger partial charge on any atom is 0.246 e. The summed E-state index contributed by atoms with van der Waals surface area (Å²) in [6.07, 6.45) is 0. The molecular weight excluding hydrogens is 378 g/mol. The molecular formula is C24H23N3O3. The highest BCUT2D eigenvalue weighted by molar-refractivity contribution is 5.56. The third kappa shape index (κ3) is 4.60. The highest BCUT2D eigenvalue weighted by Crippen LogP contribution is 2.24. The average molecular weight is 401 g/mol. The third-order valence-electron chi connectivity index (χ3n) is 4.80. The molecule has 4 aromatic rings. The number of benzene rings is 3. The molecule has 30 heavy (non-hydrogen) atoms. The van der Waals surface area contributed by atoms with Crippen molar-refractivity contribution >= 4 is 5.69 Å². The molecule has 0 N–H and O–H groups in total. The first-order valence-corrected chi connectivity index (χ1v) is 9.65. The van der Waals surface area contributed by atoms with Crippen molar-refractivity contribution in [1.82, 2.24) is 10.1 Å². The Labute approximate surface area is 175 Å². The van der Waals surface area contributed by atoms with E-state index in [0.717, 1.165) is 22.7 Å². The molecule has 0 saturated heterocycles. The van der Waals surface area contributed by atoms with Gasteiger partial charge in [0.2, 0.25) is 11.7 Å². The first-order valence-electron chi connectivity index (χ1n) is 9.65. The van der Waals surface area contributed by atoms with Gasteiger partial charge in [-0.15, -0.1) is 0 Å². The van der Waals surface area contributed by atoms with Crippen LogP contribution in [0, 0.1) is 0 Å². The molecule has 0 radical (unpaired) electrons. The summed E-state index contributed by atoms with van der Waals surface area (Å²) in [5.74, 6) is 2.71. The predicted octanol–water partition coefficient (Wildman–Crippen LogP) is 4.96. The summed E-state index contributed by atoms with van der Waals surface area (Å²) in [7, 11) is 3.30. The van der Waals surface area contributed by atoms with Crippen molar-refractivity contribution in [2.24, 2.45) is 0 Å². The Morgan fingerprint density at radius 1 is 0.767 bits per heavy atom. The summed E-state index contributed by atoms with van der Waals surface area (Å²) in [5.41, 5.74) is 3.12. The van der Waals surface area contributed by atoms with Crippen LogP contribution in [0.15, 0.2) is 83.4 Å². The largest absolute Gasteiger partial charge is 0.497 e. The van der Waals surface area contributed by atoms with Crippen molar-refractivity contribution in [2.75, 3.05) is 19.1 Å². The SMILES string of the molecule is COc1ccc(-c2noc(CN(Cc3ccccc3)c3ccc(OC)cc3)n2)cc1. The maximum absolute atomic E-state index is 5.55. The zero-order chi connectivity index (χ0) is 20.8. The maximum atomic E-state index is 5.55. The molecule has 4 rings (SSSR count). The lowest BCUT2D eigenvalue weighted by Crippen LogP contribution is -2.22. The van der Waals surface area contributed by atoms with Crippen LogP contribution in [-0.4, -0.2) is 24.4 Å². The quantitative estimate of drug-likeness (QED) is 0.416. The van der Waals surface area contributed by atoms with Gasteiger partial charge in [-0.3, -0.25) is 0 Å². The van der Waals surface area contributed by atoms with Gasteiger partial charge in [0, 0.05) is 17.8 Å². The van der Waals surface area contributed by atoms with Gasteiger partial charge in [0.1, 0.15) is 11.5 Å². The zero-order valence-electron chi connectivity index (χ0n) is 17.0. The number of aromatic nitrogens is 2. The van der Waals surface area contributed by atoms with Gasteiger partial charge in [-0.1, -0.05) is 35.5 Å². The minimum Gasteiger partial charge on any atom is -0.497 e. The molecule has 0 aliphatic heterocycles. The number of ether oxygens (including phenoxy) is 2. The number of methoxy groups -OCH3 is 2. The van der Waals surface area contributed by atoms with Gasteiger partial charge >= 0.3 is 0 Å². The lowest BCUT2D eigenvalue weighted by molar-refractivity contribution is 0.376. The summed E-state index contributed by atoms with van der Waals surface area (Å²) >= 11 is 0. The Bertz CT molecular complexity index is 1060. The number of nitrogens with zero attached hydrogens (tertiary/aromatic N) is 3. The van der Waals surface area contributed by atoms with Gasteiger partial charge in [-0.2, -0.15) is 4.98 Å². The molecule has 6 nitrogen and oxygen atoms in total. The van der Waals surface area contributed by atoms with Crippen molar-refractivity contribution in [1.29, 1.82) is 0 Å². The fourth-order valence-electron chi connectivity index (χ4n) is 3.18. The third-order valence-corrected chi connectivity index (χ3v) is 4.80. The average Bonchev–Trinajstić information content (AvgIpc) is 3.28. The normalized spacial score (nSPS) is 10.6. The first kappa shape index (κ1) is 19.5. The van der Waals surface area contributed by atoms with Crippen LogP contribution in [0.2, 0.25) is 0 Å². The minimum atomic E-state index is 0.490. The molecule has 1 aromatic heterocycles. The number of anilines is 1. The number of hydrogen-bond acceptors (Lipinski definition) is 6. The van der Waals surface area contributed by atoms with Crippen LogP contribution in [0.4, 0.5) is 5.69 Å².